The molecule has 0 radical (unpaired) electrons. The van der Waals surface area contributed by atoms with E-state index in [4.69, 9.17) is 16.3 Å². The number of hydrogen-bond donors (Lipinski definition) is 1. The van der Waals surface area contributed by atoms with Gasteiger partial charge >= 0.3 is 5.97 Å². The minimum Gasteiger partial charge on any atom is -0.458 e. The van der Waals surface area contributed by atoms with Gasteiger partial charge in [0.05, 0.1) is 16.6 Å². The second-order valence-corrected chi connectivity index (χ2v) is 4.13. The number of esters is 1. The maximum atomic E-state index is 11.6. The van der Waals surface area contributed by atoms with E-state index in [2.05, 4.69) is 9.97 Å². The van der Waals surface area contributed by atoms with Gasteiger partial charge in [-0.1, -0.05) is 11.6 Å². The van der Waals surface area contributed by atoms with Crippen LogP contribution in [0.15, 0.2) is 18.5 Å². The number of halogens is 1. The molecule has 0 aliphatic carbocycles. The Morgan fingerprint density at radius 2 is 2.25 bits per heavy atom. The van der Waals surface area contributed by atoms with Crippen molar-refractivity contribution in [3.05, 3.63) is 29.2 Å². The molecule has 0 unspecified atom stereocenters. The summed E-state index contributed by atoms with van der Waals surface area (Å²) in [5, 5.41) is 1.28. The molecule has 0 aliphatic heterocycles. The van der Waals surface area contributed by atoms with Crippen molar-refractivity contribution in [3.63, 3.8) is 0 Å². The van der Waals surface area contributed by atoms with Crippen molar-refractivity contribution < 1.29 is 9.53 Å². The number of aromatic nitrogens is 2. The van der Waals surface area contributed by atoms with Crippen molar-refractivity contribution in [2.45, 2.75) is 20.0 Å². The number of nitrogens with zero attached hydrogens (tertiary/aromatic N) is 1. The summed E-state index contributed by atoms with van der Waals surface area (Å²) >= 11 is 5.93. The molecule has 2 rings (SSSR count). The van der Waals surface area contributed by atoms with E-state index in [1.807, 2.05) is 0 Å². The van der Waals surface area contributed by atoms with Gasteiger partial charge in [-0.25, -0.2) is 4.79 Å². The Kier molecular flexibility index (Phi) is 2.83. The Balaban J connectivity index is 2.40. The largest absolute Gasteiger partial charge is 0.458 e. The monoisotopic (exact) mass is 238 g/mol. The van der Waals surface area contributed by atoms with Gasteiger partial charge in [-0.05, 0) is 19.9 Å². The maximum Gasteiger partial charge on any atom is 0.355 e. The van der Waals surface area contributed by atoms with Gasteiger partial charge < -0.3 is 9.72 Å². The van der Waals surface area contributed by atoms with Crippen molar-refractivity contribution >= 4 is 28.5 Å². The maximum absolute atomic E-state index is 11.6. The number of fused-ring (bicyclic) bond motifs is 1. The molecular weight excluding hydrogens is 228 g/mol. The molecule has 0 saturated carbocycles. The average Bonchev–Trinajstić information content (AvgIpc) is 2.61. The fraction of sp³-hybridized carbons (Fsp3) is 0.273. The molecule has 5 heteroatoms. The van der Waals surface area contributed by atoms with Gasteiger partial charge in [0.15, 0.2) is 0 Å². The molecule has 0 aromatic carbocycles. The van der Waals surface area contributed by atoms with E-state index in [-0.39, 0.29) is 12.1 Å². The Morgan fingerprint density at radius 3 is 2.88 bits per heavy atom. The summed E-state index contributed by atoms with van der Waals surface area (Å²) in [7, 11) is 0. The number of H-pyrrole nitrogens is 1. The number of hydrogen-bond acceptors (Lipinski definition) is 3. The molecule has 0 fully saturated rings. The Labute approximate surface area is 97.6 Å². The second kappa shape index (κ2) is 4.14. The highest BCUT2D eigenvalue weighted by molar-refractivity contribution is 6.35. The van der Waals surface area contributed by atoms with E-state index in [0.29, 0.717) is 16.2 Å². The van der Waals surface area contributed by atoms with Gasteiger partial charge in [0.1, 0.15) is 5.69 Å². The molecule has 84 valence electrons. The summed E-state index contributed by atoms with van der Waals surface area (Å²) in [5.74, 6) is -0.387. The summed E-state index contributed by atoms with van der Waals surface area (Å²) in [4.78, 5) is 18.5. The zero-order chi connectivity index (χ0) is 11.7. The third-order valence-corrected chi connectivity index (χ3v) is 2.34. The zero-order valence-corrected chi connectivity index (χ0v) is 9.71. The third kappa shape index (κ3) is 2.02. The Bertz CT molecular complexity index is 534. The molecule has 0 saturated heterocycles. The highest BCUT2D eigenvalue weighted by atomic mass is 35.5. The third-order valence-electron chi connectivity index (χ3n) is 2.05. The summed E-state index contributed by atoms with van der Waals surface area (Å²) in [6, 6.07) is 1.68. The first-order valence-electron chi connectivity index (χ1n) is 4.91. The van der Waals surface area contributed by atoms with Crippen molar-refractivity contribution in [2.75, 3.05) is 0 Å². The first-order chi connectivity index (χ1) is 7.58. The van der Waals surface area contributed by atoms with Crippen LogP contribution in [0, 0.1) is 0 Å². The highest BCUT2D eigenvalue weighted by Gasteiger charge is 2.13. The van der Waals surface area contributed by atoms with E-state index in [9.17, 15) is 4.79 Å². The van der Waals surface area contributed by atoms with Crippen LogP contribution in [0.3, 0.4) is 0 Å². The minimum absolute atomic E-state index is 0.146. The summed E-state index contributed by atoms with van der Waals surface area (Å²) < 4.78 is 5.07. The lowest BCUT2D eigenvalue weighted by atomic mass is 10.3. The SMILES string of the molecule is CC(C)OC(=O)c1cc2cncc(Cl)c2[nH]1. The fourth-order valence-electron chi connectivity index (χ4n) is 1.41. The smallest absolute Gasteiger partial charge is 0.355 e. The Morgan fingerprint density at radius 1 is 1.50 bits per heavy atom. The van der Waals surface area contributed by atoms with Crippen LogP contribution in [0.5, 0.6) is 0 Å². The van der Waals surface area contributed by atoms with Gasteiger partial charge in [-0.15, -0.1) is 0 Å². The highest BCUT2D eigenvalue weighted by Crippen LogP contribution is 2.22. The van der Waals surface area contributed by atoms with Gasteiger partial charge in [-0.3, -0.25) is 4.98 Å². The molecule has 0 atom stereocenters. The fourth-order valence-corrected chi connectivity index (χ4v) is 1.62. The van der Waals surface area contributed by atoms with Crippen molar-refractivity contribution in [1.29, 1.82) is 0 Å². The molecule has 1 N–H and O–H groups in total. The zero-order valence-electron chi connectivity index (χ0n) is 8.95. The van der Waals surface area contributed by atoms with Crippen molar-refractivity contribution in [1.82, 2.24) is 9.97 Å². The number of carbonyl (C=O) groups excluding carboxylic acids is 1. The summed E-state index contributed by atoms with van der Waals surface area (Å²) in [6.07, 6.45) is 3.02. The van der Waals surface area contributed by atoms with Gasteiger partial charge in [0.2, 0.25) is 0 Å². The standard InChI is InChI=1S/C11H11ClN2O2/c1-6(2)16-11(15)9-3-7-4-13-5-8(12)10(7)14-9/h3-6,14H,1-2H3. The van der Waals surface area contributed by atoms with Crippen LogP contribution in [0.2, 0.25) is 5.02 Å². The molecule has 0 aliphatic rings. The number of carbonyl (C=O) groups is 1. The number of aromatic amines is 1. The van der Waals surface area contributed by atoms with Crippen LogP contribution in [0.4, 0.5) is 0 Å². The average molecular weight is 239 g/mol. The molecule has 16 heavy (non-hydrogen) atoms. The molecule has 0 spiro atoms. The number of nitrogens with one attached hydrogen (secondary N) is 1. The molecule has 2 aromatic rings. The predicted octanol–water partition coefficient (Wildman–Crippen LogP) is 2.78. The molecule has 2 heterocycles. The van der Waals surface area contributed by atoms with Crippen LogP contribution in [-0.2, 0) is 4.74 Å². The lowest BCUT2D eigenvalue weighted by Crippen LogP contribution is -2.11. The van der Waals surface area contributed by atoms with E-state index in [1.165, 1.54) is 6.20 Å². The van der Waals surface area contributed by atoms with Crippen LogP contribution in [0.25, 0.3) is 10.9 Å². The number of pyridine rings is 1. The molecular formula is C11H11ClN2O2. The lowest BCUT2D eigenvalue weighted by Gasteiger charge is -2.05. The van der Waals surface area contributed by atoms with Crippen molar-refractivity contribution in [3.8, 4) is 0 Å². The molecule has 4 nitrogen and oxygen atoms in total. The topological polar surface area (TPSA) is 55.0 Å². The molecule has 0 amide bonds. The van der Waals surface area contributed by atoms with Crippen molar-refractivity contribution in [2.24, 2.45) is 0 Å². The Hall–Kier alpha value is -1.55. The minimum atomic E-state index is -0.387. The van der Waals surface area contributed by atoms with E-state index in [0.717, 1.165) is 5.39 Å². The predicted molar refractivity (Wildman–Crippen MR) is 61.7 cm³/mol. The lowest BCUT2D eigenvalue weighted by molar-refractivity contribution is 0.0372. The summed E-state index contributed by atoms with van der Waals surface area (Å²) in [5.41, 5.74) is 1.09. The first kappa shape index (κ1) is 11.0. The first-order valence-corrected chi connectivity index (χ1v) is 5.29. The molecule has 2 aromatic heterocycles. The van der Waals surface area contributed by atoms with Crippen LogP contribution >= 0.6 is 11.6 Å². The van der Waals surface area contributed by atoms with Crippen LogP contribution in [-0.4, -0.2) is 22.0 Å². The number of ether oxygens (including phenoxy) is 1. The quantitative estimate of drug-likeness (QED) is 0.819. The summed E-state index contributed by atoms with van der Waals surface area (Å²) in [6.45, 7) is 3.60. The van der Waals surface area contributed by atoms with E-state index < -0.39 is 0 Å². The van der Waals surface area contributed by atoms with Gasteiger partial charge in [0, 0.05) is 17.8 Å². The van der Waals surface area contributed by atoms with Crippen LogP contribution in [0.1, 0.15) is 24.3 Å². The normalized spacial score (nSPS) is 11.0. The number of rotatable bonds is 2. The van der Waals surface area contributed by atoms with Gasteiger partial charge in [-0.2, -0.15) is 0 Å². The van der Waals surface area contributed by atoms with Gasteiger partial charge in [0.25, 0.3) is 0 Å². The van der Waals surface area contributed by atoms with E-state index >= 15 is 0 Å². The second-order valence-electron chi connectivity index (χ2n) is 3.72. The van der Waals surface area contributed by atoms with Crippen LogP contribution < -0.4 is 0 Å². The molecule has 0 bridgehead atoms. The van der Waals surface area contributed by atoms with E-state index in [1.54, 1.807) is 26.1 Å².